The van der Waals surface area contributed by atoms with E-state index in [1.165, 1.54) is 5.56 Å². The van der Waals surface area contributed by atoms with Gasteiger partial charge in [-0.1, -0.05) is 45.7 Å². The molecule has 2 nitrogen and oxygen atoms in total. The normalized spacial score (nSPS) is 13.3. The molecule has 0 aliphatic carbocycles. The van der Waals surface area contributed by atoms with Crippen molar-refractivity contribution >= 4 is 0 Å². The summed E-state index contributed by atoms with van der Waals surface area (Å²) in [5, 5.41) is 11.0. The highest BCUT2D eigenvalue weighted by atomic mass is 16.5. The van der Waals surface area contributed by atoms with Gasteiger partial charge in [0.15, 0.2) is 0 Å². The van der Waals surface area contributed by atoms with Crippen molar-refractivity contribution in [2.24, 2.45) is 0 Å². The van der Waals surface area contributed by atoms with Crippen LogP contribution in [0.4, 0.5) is 0 Å². The van der Waals surface area contributed by atoms with Gasteiger partial charge < -0.3 is 9.84 Å². The van der Waals surface area contributed by atoms with Gasteiger partial charge in [-0.05, 0) is 37.0 Å². The predicted molar refractivity (Wildman–Crippen MR) is 80.8 cm³/mol. The number of aliphatic hydroxyl groups is 1. The quantitative estimate of drug-likeness (QED) is 0.748. The molecule has 1 rings (SSSR count). The first-order valence-electron chi connectivity index (χ1n) is 7.47. The Hall–Kier alpha value is -1.02. The molecule has 1 aromatic carbocycles. The average molecular weight is 264 g/mol. The van der Waals surface area contributed by atoms with Crippen LogP contribution >= 0.6 is 0 Å². The SMILES string of the molecule is CCCC(O)(CCC)C(CC)c1ccc(OC)cc1. The zero-order valence-electron chi connectivity index (χ0n) is 12.8. The van der Waals surface area contributed by atoms with E-state index < -0.39 is 5.60 Å². The lowest BCUT2D eigenvalue weighted by atomic mass is 9.75. The first-order valence-corrected chi connectivity index (χ1v) is 7.47. The van der Waals surface area contributed by atoms with Crippen LogP contribution in [0.3, 0.4) is 0 Å². The van der Waals surface area contributed by atoms with E-state index in [4.69, 9.17) is 4.74 Å². The molecule has 0 radical (unpaired) electrons. The Labute approximate surface area is 117 Å². The number of benzene rings is 1. The second kappa shape index (κ2) is 7.54. The third-order valence-corrected chi connectivity index (χ3v) is 3.94. The van der Waals surface area contributed by atoms with Crippen molar-refractivity contribution in [2.75, 3.05) is 7.11 Å². The van der Waals surface area contributed by atoms with Crippen LogP contribution in [0, 0.1) is 0 Å². The van der Waals surface area contributed by atoms with E-state index in [9.17, 15) is 5.11 Å². The predicted octanol–water partition coefficient (Wildman–Crippen LogP) is 4.52. The van der Waals surface area contributed by atoms with E-state index in [1.807, 2.05) is 12.1 Å². The minimum absolute atomic E-state index is 0.207. The monoisotopic (exact) mass is 264 g/mol. The molecule has 0 fully saturated rings. The van der Waals surface area contributed by atoms with Crippen LogP contribution in [0.5, 0.6) is 5.75 Å². The smallest absolute Gasteiger partial charge is 0.118 e. The first kappa shape index (κ1) is 16.0. The molecule has 1 aromatic rings. The molecular weight excluding hydrogens is 236 g/mol. The number of rotatable bonds is 8. The summed E-state index contributed by atoms with van der Waals surface area (Å²) in [4.78, 5) is 0. The average Bonchev–Trinajstić information content (AvgIpc) is 2.40. The molecule has 2 heteroatoms. The Kier molecular flexibility index (Phi) is 6.36. The molecule has 0 aliphatic heterocycles. The summed E-state index contributed by atoms with van der Waals surface area (Å²) >= 11 is 0. The molecule has 1 N–H and O–H groups in total. The van der Waals surface area contributed by atoms with Gasteiger partial charge in [-0.15, -0.1) is 0 Å². The summed E-state index contributed by atoms with van der Waals surface area (Å²) in [7, 11) is 1.68. The Morgan fingerprint density at radius 3 is 1.95 bits per heavy atom. The molecule has 0 aromatic heterocycles. The topological polar surface area (TPSA) is 29.5 Å². The fourth-order valence-corrected chi connectivity index (χ4v) is 3.10. The van der Waals surface area contributed by atoms with Crippen LogP contribution in [-0.4, -0.2) is 17.8 Å². The van der Waals surface area contributed by atoms with E-state index in [0.29, 0.717) is 0 Å². The molecule has 19 heavy (non-hydrogen) atoms. The van der Waals surface area contributed by atoms with Crippen molar-refractivity contribution in [2.45, 2.75) is 64.4 Å². The fourth-order valence-electron chi connectivity index (χ4n) is 3.10. The van der Waals surface area contributed by atoms with E-state index in [0.717, 1.165) is 37.9 Å². The zero-order chi connectivity index (χ0) is 14.3. The summed E-state index contributed by atoms with van der Waals surface area (Å²) in [6.07, 6.45) is 4.73. The van der Waals surface area contributed by atoms with Crippen LogP contribution < -0.4 is 4.74 Å². The molecule has 0 amide bonds. The second-order valence-electron chi connectivity index (χ2n) is 5.34. The van der Waals surface area contributed by atoms with Crippen molar-refractivity contribution < 1.29 is 9.84 Å². The minimum Gasteiger partial charge on any atom is -0.497 e. The lowest BCUT2D eigenvalue weighted by Crippen LogP contribution is -2.36. The molecule has 108 valence electrons. The second-order valence-corrected chi connectivity index (χ2v) is 5.34. The Bertz CT molecular complexity index is 350. The molecule has 0 aliphatic rings. The van der Waals surface area contributed by atoms with Gasteiger partial charge in [-0.25, -0.2) is 0 Å². The highest BCUT2D eigenvalue weighted by molar-refractivity contribution is 5.31. The van der Waals surface area contributed by atoms with Gasteiger partial charge in [-0.3, -0.25) is 0 Å². The van der Waals surface area contributed by atoms with Crippen LogP contribution in [0.2, 0.25) is 0 Å². The van der Waals surface area contributed by atoms with Crippen LogP contribution in [0.1, 0.15) is 64.4 Å². The van der Waals surface area contributed by atoms with Gasteiger partial charge in [-0.2, -0.15) is 0 Å². The molecule has 0 bridgehead atoms. The van der Waals surface area contributed by atoms with Crippen LogP contribution in [0.15, 0.2) is 24.3 Å². The van der Waals surface area contributed by atoms with Gasteiger partial charge in [0.1, 0.15) is 5.75 Å². The van der Waals surface area contributed by atoms with E-state index in [2.05, 4.69) is 32.9 Å². The van der Waals surface area contributed by atoms with Crippen molar-refractivity contribution in [3.8, 4) is 5.75 Å². The van der Waals surface area contributed by atoms with E-state index in [1.54, 1.807) is 7.11 Å². The third kappa shape index (κ3) is 3.97. The molecule has 0 spiro atoms. The highest BCUT2D eigenvalue weighted by Gasteiger charge is 2.34. The summed E-state index contributed by atoms with van der Waals surface area (Å²) in [6, 6.07) is 8.14. The third-order valence-electron chi connectivity index (χ3n) is 3.94. The molecule has 1 unspecified atom stereocenters. The maximum Gasteiger partial charge on any atom is 0.118 e. The maximum absolute atomic E-state index is 11.0. The standard InChI is InChI=1S/C17H28O2/c1-5-12-17(18,13-6-2)16(7-3)14-8-10-15(19-4)11-9-14/h8-11,16,18H,5-7,12-13H2,1-4H3. The summed E-state index contributed by atoms with van der Waals surface area (Å²) in [5.74, 6) is 1.08. The van der Waals surface area contributed by atoms with Crippen molar-refractivity contribution in [3.63, 3.8) is 0 Å². The van der Waals surface area contributed by atoms with Crippen LogP contribution in [-0.2, 0) is 0 Å². The molecule has 0 saturated heterocycles. The van der Waals surface area contributed by atoms with Gasteiger partial charge in [0, 0.05) is 5.92 Å². The summed E-state index contributed by atoms with van der Waals surface area (Å²) in [5.41, 5.74) is 0.639. The zero-order valence-corrected chi connectivity index (χ0v) is 12.8. The summed E-state index contributed by atoms with van der Waals surface area (Å²) in [6.45, 7) is 6.44. The molecule has 0 saturated carbocycles. The number of hydrogen-bond donors (Lipinski definition) is 1. The minimum atomic E-state index is -0.577. The van der Waals surface area contributed by atoms with Crippen molar-refractivity contribution in [1.29, 1.82) is 0 Å². The fraction of sp³-hybridized carbons (Fsp3) is 0.647. The van der Waals surface area contributed by atoms with E-state index in [-0.39, 0.29) is 5.92 Å². The van der Waals surface area contributed by atoms with Gasteiger partial charge in [0.25, 0.3) is 0 Å². The van der Waals surface area contributed by atoms with E-state index >= 15 is 0 Å². The lowest BCUT2D eigenvalue weighted by molar-refractivity contribution is -0.00739. The van der Waals surface area contributed by atoms with Gasteiger partial charge in [0.05, 0.1) is 12.7 Å². The van der Waals surface area contributed by atoms with Crippen LogP contribution in [0.25, 0.3) is 0 Å². The number of methoxy groups -OCH3 is 1. The first-order chi connectivity index (χ1) is 9.11. The lowest BCUT2D eigenvalue weighted by Gasteiger charge is -2.36. The summed E-state index contributed by atoms with van der Waals surface area (Å²) < 4.78 is 5.20. The molecule has 1 atom stereocenters. The maximum atomic E-state index is 11.0. The van der Waals surface area contributed by atoms with Gasteiger partial charge in [0.2, 0.25) is 0 Å². The Morgan fingerprint density at radius 2 is 1.58 bits per heavy atom. The Morgan fingerprint density at radius 1 is 1.05 bits per heavy atom. The highest BCUT2D eigenvalue weighted by Crippen LogP contribution is 2.38. The van der Waals surface area contributed by atoms with Crippen molar-refractivity contribution in [3.05, 3.63) is 29.8 Å². The number of ether oxygens (including phenoxy) is 1. The van der Waals surface area contributed by atoms with Crippen molar-refractivity contribution in [1.82, 2.24) is 0 Å². The Balaban J connectivity index is 3.00. The molecular formula is C17H28O2. The molecule has 0 heterocycles. The largest absolute Gasteiger partial charge is 0.497 e. The number of hydrogen-bond acceptors (Lipinski definition) is 2. The van der Waals surface area contributed by atoms with Gasteiger partial charge >= 0.3 is 0 Å².